The molecule has 0 amide bonds. The molecule has 0 saturated heterocycles. The van der Waals surface area contributed by atoms with Gasteiger partial charge in [-0.25, -0.2) is 9.97 Å². The van der Waals surface area contributed by atoms with Gasteiger partial charge in [-0.05, 0) is 12.0 Å². The molecule has 0 atom stereocenters. The van der Waals surface area contributed by atoms with Crippen LogP contribution in [-0.2, 0) is 0 Å². The van der Waals surface area contributed by atoms with Crippen molar-refractivity contribution in [2.45, 2.75) is 33.6 Å². The Hall–Kier alpha value is -1.38. The van der Waals surface area contributed by atoms with Crippen molar-refractivity contribution in [1.82, 2.24) is 15.0 Å². The van der Waals surface area contributed by atoms with Crippen LogP contribution in [0.4, 0.5) is 0 Å². The van der Waals surface area contributed by atoms with Crippen LogP contribution in [0.5, 0.6) is 0 Å². The first kappa shape index (κ1) is 10.7. The lowest BCUT2D eigenvalue weighted by Gasteiger charge is -2.03. The van der Waals surface area contributed by atoms with Crippen LogP contribution in [0.2, 0.25) is 0 Å². The fraction of sp³-hybridized carbons (Fsp3) is 0.455. The van der Waals surface area contributed by atoms with Crippen molar-refractivity contribution in [2.24, 2.45) is 0 Å². The maximum absolute atomic E-state index is 4.25. The molecule has 1 N–H and O–H groups in total. The number of rotatable bonds is 1. The minimum absolute atomic E-state index is 0.450. The van der Waals surface area contributed by atoms with E-state index in [1.165, 1.54) is 0 Å². The van der Waals surface area contributed by atoms with Gasteiger partial charge in [0.15, 0.2) is 0 Å². The third kappa shape index (κ3) is 1.92. The molecule has 14 heavy (non-hydrogen) atoms. The lowest BCUT2D eigenvalue weighted by molar-refractivity contribution is 0.828. The van der Waals surface area contributed by atoms with E-state index in [2.05, 4.69) is 28.8 Å². The Kier molecular flexibility index (Phi) is 3.63. The van der Waals surface area contributed by atoms with Gasteiger partial charge in [0.1, 0.15) is 12.0 Å². The first-order valence-electron chi connectivity index (χ1n) is 5.07. The van der Waals surface area contributed by atoms with Gasteiger partial charge in [-0.3, -0.25) is 0 Å². The molecule has 0 aromatic carbocycles. The summed E-state index contributed by atoms with van der Waals surface area (Å²) in [6.45, 7) is 8.27. The predicted octanol–water partition coefficient (Wildman–Crippen LogP) is 3.11. The molecule has 2 aromatic heterocycles. The smallest absolute Gasteiger partial charge is 0.140 e. The topological polar surface area (TPSA) is 41.6 Å². The van der Waals surface area contributed by atoms with Crippen LogP contribution < -0.4 is 0 Å². The highest BCUT2D eigenvalue weighted by Gasteiger charge is 2.06. The standard InChI is InChI=1S/C9H11N3.C2H6/c1-6(2)8-7-3-4-10-9(7)12-5-11-8;1-2/h3-6H,1-2H3,(H,10,11,12);1-2H3. The van der Waals surface area contributed by atoms with Gasteiger partial charge >= 0.3 is 0 Å². The van der Waals surface area contributed by atoms with Gasteiger partial charge in [-0.1, -0.05) is 27.7 Å². The van der Waals surface area contributed by atoms with E-state index >= 15 is 0 Å². The maximum atomic E-state index is 4.25. The van der Waals surface area contributed by atoms with Crippen LogP contribution in [-0.4, -0.2) is 15.0 Å². The van der Waals surface area contributed by atoms with Crippen LogP contribution in [0.3, 0.4) is 0 Å². The molecule has 3 nitrogen and oxygen atoms in total. The Morgan fingerprint density at radius 1 is 1.21 bits per heavy atom. The summed E-state index contributed by atoms with van der Waals surface area (Å²) in [4.78, 5) is 11.4. The number of hydrogen-bond acceptors (Lipinski definition) is 2. The van der Waals surface area contributed by atoms with Crippen LogP contribution in [0.25, 0.3) is 11.0 Å². The zero-order chi connectivity index (χ0) is 10.6. The molecule has 0 aliphatic heterocycles. The van der Waals surface area contributed by atoms with Crippen LogP contribution >= 0.6 is 0 Å². The van der Waals surface area contributed by atoms with Gasteiger partial charge in [0, 0.05) is 11.6 Å². The maximum Gasteiger partial charge on any atom is 0.140 e. The summed E-state index contributed by atoms with van der Waals surface area (Å²) in [7, 11) is 0. The number of fused-ring (bicyclic) bond motifs is 1. The molecule has 0 saturated carbocycles. The average molecular weight is 191 g/mol. The van der Waals surface area contributed by atoms with Crippen molar-refractivity contribution in [1.29, 1.82) is 0 Å². The molecule has 0 bridgehead atoms. The van der Waals surface area contributed by atoms with E-state index in [0.29, 0.717) is 5.92 Å². The minimum atomic E-state index is 0.450. The van der Waals surface area contributed by atoms with E-state index in [-0.39, 0.29) is 0 Å². The van der Waals surface area contributed by atoms with E-state index in [1.54, 1.807) is 6.33 Å². The SMILES string of the molecule is CC.CC(C)c1ncnc2[nH]ccc12. The first-order valence-corrected chi connectivity index (χ1v) is 5.07. The van der Waals surface area contributed by atoms with Crippen molar-refractivity contribution in [3.8, 4) is 0 Å². The fourth-order valence-electron chi connectivity index (χ4n) is 1.35. The van der Waals surface area contributed by atoms with E-state index in [9.17, 15) is 0 Å². The molecule has 0 radical (unpaired) electrons. The normalized spacial score (nSPS) is 10.1. The largest absolute Gasteiger partial charge is 0.346 e. The average Bonchev–Trinajstić information content (AvgIpc) is 2.67. The van der Waals surface area contributed by atoms with Crippen LogP contribution in [0, 0.1) is 0 Å². The molecule has 3 heteroatoms. The Morgan fingerprint density at radius 3 is 2.57 bits per heavy atom. The minimum Gasteiger partial charge on any atom is -0.346 e. The number of nitrogens with one attached hydrogen (secondary N) is 1. The van der Waals surface area contributed by atoms with Gasteiger partial charge in [0.2, 0.25) is 0 Å². The van der Waals surface area contributed by atoms with Crippen LogP contribution in [0.15, 0.2) is 18.6 Å². The second kappa shape index (κ2) is 4.74. The summed E-state index contributed by atoms with van der Waals surface area (Å²) in [6.07, 6.45) is 3.50. The van der Waals surface area contributed by atoms with Gasteiger partial charge < -0.3 is 4.98 Å². The van der Waals surface area contributed by atoms with Crippen molar-refractivity contribution < 1.29 is 0 Å². The molecular weight excluding hydrogens is 174 g/mol. The molecule has 76 valence electrons. The summed E-state index contributed by atoms with van der Waals surface area (Å²) in [5, 5.41) is 1.13. The second-order valence-electron chi connectivity index (χ2n) is 3.15. The first-order chi connectivity index (χ1) is 6.79. The van der Waals surface area contributed by atoms with Gasteiger partial charge in [0.05, 0.1) is 5.69 Å². The number of nitrogens with zero attached hydrogens (tertiary/aromatic N) is 2. The summed E-state index contributed by atoms with van der Waals surface area (Å²) in [5.41, 5.74) is 2.04. The Morgan fingerprint density at radius 2 is 1.93 bits per heavy atom. The number of aromatic amines is 1. The fourth-order valence-corrected chi connectivity index (χ4v) is 1.35. The van der Waals surface area contributed by atoms with E-state index < -0.39 is 0 Å². The lowest BCUT2D eigenvalue weighted by atomic mass is 10.1. The van der Waals surface area contributed by atoms with Crippen molar-refractivity contribution in [2.75, 3.05) is 0 Å². The quantitative estimate of drug-likeness (QED) is 0.752. The van der Waals surface area contributed by atoms with E-state index in [0.717, 1.165) is 16.7 Å². The van der Waals surface area contributed by atoms with Gasteiger partial charge in [-0.2, -0.15) is 0 Å². The Balaban J connectivity index is 0.000000461. The molecule has 0 aliphatic carbocycles. The number of aromatic nitrogens is 3. The number of H-pyrrole nitrogens is 1. The third-order valence-corrected chi connectivity index (χ3v) is 1.93. The molecule has 0 aliphatic rings. The molecule has 0 spiro atoms. The highest BCUT2D eigenvalue weighted by atomic mass is 14.9. The van der Waals surface area contributed by atoms with Gasteiger partial charge in [-0.15, -0.1) is 0 Å². The monoisotopic (exact) mass is 191 g/mol. The molecule has 2 rings (SSSR count). The third-order valence-electron chi connectivity index (χ3n) is 1.93. The lowest BCUT2D eigenvalue weighted by Crippen LogP contribution is -1.93. The second-order valence-corrected chi connectivity index (χ2v) is 3.15. The Bertz CT molecular complexity index is 390. The predicted molar refractivity (Wildman–Crippen MR) is 59.3 cm³/mol. The number of hydrogen-bond donors (Lipinski definition) is 1. The zero-order valence-corrected chi connectivity index (χ0v) is 9.20. The molecule has 2 aromatic rings. The van der Waals surface area contributed by atoms with Gasteiger partial charge in [0.25, 0.3) is 0 Å². The molecule has 0 fully saturated rings. The zero-order valence-electron chi connectivity index (χ0n) is 9.20. The summed E-state index contributed by atoms with van der Waals surface area (Å²) >= 11 is 0. The highest BCUT2D eigenvalue weighted by molar-refractivity contribution is 5.78. The highest BCUT2D eigenvalue weighted by Crippen LogP contribution is 2.19. The molecule has 0 unspecified atom stereocenters. The van der Waals surface area contributed by atoms with Crippen molar-refractivity contribution >= 4 is 11.0 Å². The molecular formula is C11H17N3. The van der Waals surface area contributed by atoms with E-state index in [1.807, 2.05) is 26.1 Å². The Labute approximate surface area is 84.6 Å². The summed E-state index contributed by atoms with van der Waals surface area (Å²) < 4.78 is 0. The summed E-state index contributed by atoms with van der Waals surface area (Å²) in [5.74, 6) is 0.450. The summed E-state index contributed by atoms with van der Waals surface area (Å²) in [6, 6.07) is 2.02. The van der Waals surface area contributed by atoms with E-state index in [4.69, 9.17) is 0 Å². The van der Waals surface area contributed by atoms with Crippen molar-refractivity contribution in [3.63, 3.8) is 0 Å². The van der Waals surface area contributed by atoms with Crippen LogP contribution in [0.1, 0.15) is 39.3 Å². The molecule has 2 heterocycles. The van der Waals surface area contributed by atoms with Crippen molar-refractivity contribution in [3.05, 3.63) is 24.3 Å².